The molecule has 1 saturated carbocycles. The molecule has 0 spiro atoms. The maximum absolute atomic E-state index is 12.2. The summed E-state index contributed by atoms with van der Waals surface area (Å²) in [6, 6.07) is 7.71. The summed E-state index contributed by atoms with van der Waals surface area (Å²) in [5, 5.41) is 5.97. The number of nitrogens with one attached hydrogen (secondary N) is 2. The molecular formula is C18H25N3O3. The van der Waals surface area contributed by atoms with Crippen molar-refractivity contribution in [3.63, 3.8) is 0 Å². The van der Waals surface area contributed by atoms with Gasteiger partial charge in [-0.05, 0) is 30.5 Å². The third-order valence-corrected chi connectivity index (χ3v) is 4.59. The third kappa shape index (κ3) is 4.63. The molecule has 2 fully saturated rings. The van der Waals surface area contributed by atoms with Crippen LogP contribution in [0.3, 0.4) is 0 Å². The molecule has 3 rings (SSSR count). The number of cyclic esters (lactones) is 1. The number of carbonyl (C=O) groups excluding carboxylic acids is 2. The summed E-state index contributed by atoms with van der Waals surface area (Å²) >= 11 is 0. The second-order valence-electron chi connectivity index (χ2n) is 6.52. The Morgan fingerprint density at radius 2 is 2.00 bits per heavy atom. The highest BCUT2D eigenvalue weighted by Crippen LogP contribution is 2.18. The number of urea groups is 1. The van der Waals surface area contributed by atoms with Crippen molar-refractivity contribution in [2.24, 2.45) is 0 Å². The minimum atomic E-state index is -0.278. The molecule has 1 aromatic rings. The highest BCUT2D eigenvalue weighted by atomic mass is 16.6. The molecule has 3 amide bonds. The van der Waals surface area contributed by atoms with Crippen molar-refractivity contribution in [2.45, 2.75) is 51.1 Å². The third-order valence-electron chi connectivity index (χ3n) is 4.59. The predicted octanol–water partition coefficient (Wildman–Crippen LogP) is 3.48. The number of carbonyl (C=O) groups is 2. The molecule has 1 aromatic carbocycles. The van der Waals surface area contributed by atoms with Gasteiger partial charge in [-0.2, -0.15) is 0 Å². The van der Waals surface area contributed by atoms with E-state index in [1.165, 1.54) is 25.7 Å². The maximum atomic E-state index is 12.2. The lowest BCUT2D eigenvalue weighted by Crippen LogP contribution is -2.37. The van der Waals surface area contributed by atoms with Crippen molar-refractivity contribution >= 4 is 17.8 Å². The zero-order chi connectivity index (χ0) is 16.8. The summed E-state index contributed by atoms with van der Waals surface area (Å²) < 4.78 is 4.93. The zero-order valence-electron chi connectivity index (χ0n) is 13.9. The number of nitrogens with zero attached hydrogens (tertiary/aromatic N) is 1. The molecule has 1 aliphatic heterocycles. The first-order valence-corrected chi connectivity index (χ1v) is 8.79. The minimum Gasteiger partial charge on any atom is -0.448 e. The lowest BCUT2D eigenvalue weighted by Gasteiger charge is -2.17. The van der Waals surface area contributed by atoms with Crippen molar-refractivity contribution in [3.8, 4) is 0 Å². The summed E-state index contributed by atoms with van der Waals surface area (Å²) in [6.45, 7) is 1.55. The minimum absolute atomic E-state index is 0.153. The fourth-order valence-corrected chi connectivity index (χ4v) is 3.31. The zero-order valence-corrected chi connectivity index (χ0v) is 13.9. The number of ether oxygens (including phenoxy) is 1. The van der Waals surface area contributed by atoms with Gasteiger partial charge in [0.05, 0.1) is 6.54 Å². The number of anilines is 1. The van der Waals surface area contributed by atoms with Crippen LogP contribution in [0.1, 0.15) is 44.1 Å². The fraction of sp³-hybridized carbons (Fsp3) is 0.556. The molecule has 6 nitrogen and oxygen atoms in total. The molecule has 0 unspecified atom stereocenters. The molecule has 0 atom stereocenters. The number of amides is 3. The van der Waals surface area contributed by atoms with E-state index in [2.05, 4.69) is 10.6 Å². The average Bonchev–Trinajstić information content (AvgIpc) is 2.81. The van der Waals surface area contributed by atoms with E-state index in [4.69, 9.17) is 4.74 Å². The molecule has 2 N–H and O–H groups in total. The van der Waals surface area contributed by atoms with Crippen LogP contribution in [0.4, 0.5) is 15.3 Å². The van der Waals surface area contributed by atoms with Crippen molar-refractivity contribution < 1.29 is 14.3 Å². The van der Waals surface area contributed by atoms with E-state index in [1.54, 1.807) is 4.90 Å². The van der Waals surface area contributed by atoms with Crippen LogP contribution < -0.4 is 10.6 Å². The van der Waals surface area contributed by atoms with Crippen LogP contribution in [0.15, 0.2) is 24.3 Å². The molecule has 24 heavy (non-hydrogen) atoms. The van der Waals surface area contributed by atoms with Gasteiger partial charge in [-0.25, -0.2) is 9.59 Å². The van der Waals surface area contributed by atoms with Gasteiger partial charge in [0.2, 0.25) is 0 Å². The number of benzene rings is 1. The average molecular weight is 331 g/mol. The smallest absolute Gasteiger partial charge is 0.410 e. The van der Waals surface area contributed by atoms with Gasteiger partial charge in [0.15, 0.2) is 0 Å². The van der Waals surface area contributed by atoms with Crippen LogP contribution >= 0.6 is 0 Å². The highest BCUT2D eigenvalue weighted by molar-refractivity contribution is 5.89. The van der Waals surface area contributed by atoms with E-state index in [0.29, 0.717) is 19.7 Å². The van der Waals surface area contributed by atoms with Crippen LogP contribution in [0, 0.1) is 0 Å². The Kier molecular flexibility index (Phi) is 5.56. The second-order valence-corrected chi connectivity index (χ2v) is 6.52. The summed E-state index contributed by atoms with van der Waals surface area (Å²) in [5.74, 6) is 0. The first-order valence-electron chi connectivity index (χ1n) is 8.79. The fourth-order valence-electron chi connectivity index (χ4n) is 3.31. The molecule has 0 radical (unpaired) electrons. The van der Waals surface area contributed by atoms with Gasteiger partial charge in [0.1, 0.15) is 6.61 Å². The molecule has 2 aliphatic rings. The first-order chi connectivity index (χ1) is 11.7. The summed E-state index contributed by atoms with van der Waals surface area (Å²) in [7, 11) is 0. The topological polar surface area (TPSA) is 70.7 Å². The van der Waals surface area contributed by atoms with E-state index in [9.17, 15) is 9.59 Å². The van der Waals surface area contributed by atoms with Crippen molar-refractivity contribution in [1.82, 2.24) is 10.2 Å². The van der Waals surface area contributed by atoms with E-state index >= 15 is 0 Å². The Labute approximate surface area is 142 Å². The molecule has 0 aromatic heterocycles. The quantitative estimate of drug-likeness (QED) is 0.830. The second kappa shape index (κ2) is 8.04. The van der Waals surface area contributed by atoms with E-state index in [1.807, 2.05) is 24.3 Å². The Bertz CT molecular complexity index is 583. The molecule has 1 aliphatic carbocycles. The van der Waals surface area contributed by atoms with Crippen LogP contribution in [-0.4, -0.2) is 36.2 Å². The molecule has 1 heterocycles. The van der Waals surface area contributed by atoms with Crippen molar-refractivity contribution in [3.05, 3.63) is 29.8 Å². The predicted molar refractivity (Wildman–Crippen MR) is 91.8 cm³/mol. The van der Waals surface area contributed by atoms with E-state index in [0.717, 1.165) is 24.1 Å². The van der Waals surface area contributed by atoms with Crippen LogP contribution in [0.25, 0.3) is 0 Å². The van der Waals surface area contributed by atoms with Crippen LogP contribution in [0.2, 0.25) is 0 Å². The van der Waals surface area contributed by atoms with Gasteiger partial charge in [-0.3, -0.25) is 0 Å². The lowest BCUT2D eigenvalue weighted by atomic mass is 10.1. The Balaban J connectivity index is 1.53. The van der Waals surface area contributed by atoms with Gasteiger partial charge < -0.3 is 20.3 Å². The molecule has 6 heteroatoms. The van der Waals surface area contributed by atoms with Crippen LogP contribution in [-0.2, 0) is 11.3 Å². The highest BCUT2D eigenvalue weighted by Gasteiger charge is 2.22. The lowest BCUT2D eigenvalue weighted by molar-refractivity contribution is 0.157. The largest absolute Gasteiger partial charge is 0.448 e. The number of hydrogen-bond donors (Lipinski definition) is 2. The van der Waals surface area contributed by atoms with E-state index < -0.39 is 0 Å². The monoisotopic (exact) mass is 331 g/mol. The number of hydrogen-bond acceptors (Lipinski definition) is 3. The normalized spacial score (nSPS) is 18.8. The van der Waals surface area contributed by atoms with Gasteiger partial charge in [0, 0.05) is 18.3 Å². The first kappa shape index (κ1) is 16.6. The molecule has 1 saturated heterocycles. The van der Waals surface area contributed by atoms with Crippen LogP contribution in [0.5, 0.6) is 0 Å². The van der Waals surface area contributed by atoms with E-state index in [-0.39, 0.29) is 18.2 Å². The molecular weight excluding hydrogens is 306 g/mol. The number of rotatable bonds is 4. The van der Waals surface area contributed by atoms with Gasteiger partial charge in [-0.1, -0.05) is 37.8 Å². The van der Waals surface area contributed by atoms with Crippen molar-refractivity contribution in [1.29, 1.82) is 0 Å². The standard InChI is InChI=1S/C18H25N3O3/c22-17(19-15-7-3-1-2-4-8-15)20-16-9-5-6-14(12-16)13-21-10-11-24-18(21)23/h5-6,9,12,15H,1-4,7-8,10-11,13H2,(H2,19,20,22). The molecule has 0 bridgehead atoms. The Hall–Kier alpha value is -2.24. The maximum Gasteiger partial charge on any atom is 0.410 e. The summed E-state index contributed by atoms with van der Waals surface area (Å²) in [4.78, 5) is 25.4. The Morgan fingerprint density at radius 3 is 2.71 bits per heavy atom. The van der Waals surface area contributed by atoms with Gasteiger partial charge in [-0.15, -0.1) is 0 Å². The van der Waals surface area contributed by atoms with Crippen molar-refractivity contribution in [2.75, 3.05) is 18.5 Å². The molecule has 130 valence electrons. The SMILES string of the molecule is O=C(Nc1cccc(CN2CCOC2=O)c1)NC1CCCCCC1. The van der Waals surface area contributed by atoms with Gasteiger partial charge >= 0.3 is 12.1 Å². The van der Waals surface area contributed by atoms with Gasteiger partial charge in [0.25, 0.3) is 0 Å². The Morgan fingerprint density at radius 1 is 1.21 bits per heavy atom. The summed E-state index contributed by atoms with van der Waals surface area (Å²) in [5.41, 5.74) is 1.72. The summed E-state index contributed by atoms with van der Waals surface area (Å²) in [6.07, 6.45) is 6.74.